The standard InChI is InChI=1S/C27H36N6O2.ClH/c1-34-23-13-14-25(35-2)24(19-23)26(27-28-29-30-33(27)20-21-9-5-3-6-10-21)32-17-15-31(16-18-32)22-11-7-4-8-12-22;/h3,5-6,9-10,13-14,19,22,26H,4,7-8,11-12,15-18,20H2,1-2H3;1H/p-1. The number of piperazine rings is 1. The van der Waals surface area contributed by atoms with Crippen LogP contribution in [0, 0.1) is 0 Å². The van der Waals surface area contributed by atoms with Gasteiger partial charge in [0.15, 0.2) is 5.82 Å². The van der Waals surface area contributed by atoms with Crippen LogP contribution in [0.25, 0.3) is 0 Å². The molecule has 194 valence electrons. The number of benzene rings is 2. The average molecular weight is 512 g/mol. The normalized spacial score (nSPS) is 18.4. The van der Waals surface area contributed by atoms with E-state index in [0.29, 0.717) is 6.54 Å². The highest BCUT2D eigenvalue weighted by Crippen LogP contribution is 2.37. The first-order valence-corrected chi connectivity index (χ1v) is 12.8. The zero-order valence-electron chi connectivity index (χ0n) is 21.2. The second-order valence-corrected chi connectivity index (χ2v) is 9.55. The molecule has 2 fully saturated rings. The second kappa shape index (κ2) is 12.5. The van der Waals surface area contributed by atoms with Crippen molar-refractivity contribution in [2.45, 2.75) is 50.7 Å². The maximum absolute atomic E-state index is 5.82. The van der Waals surface area contributed by atoms with Gasteiger partial charge in [-0.25, -0.2) is 4.68 Å². The van der Waals surface area contributed by atoms with Gasteiger partial charge in [0, 0.05) is 37.8 Å². The Bertz CT molecular complexity index is 1080. The average Bonchev–Trinajstić information content (AvgIpc) is 3.37. The molecule has 1 atom stereocenters. The maximum Gasteiger partial charge on any atom is 0.173 e. The van der Waals surface area contributed by atoms with Crippen LogP contribution in [-0.2, 0) is 6.54 Å². The van der Waals surface area contributed by atoms with E-state index in [2.05, 4.69) is 43.5 Å². The van der Waals surface area contributed by atoms with E-state index >= 15 is 0 Å². The van der Waals surface area contributed by atoms with Crippen LogP contribution >= 0.6 is 0 Å². The molecule has 1 aliphatic heterocycles. The van der Waals surface area contributed by atoms with Crippen molar-refractivity contribution in [1.82, 2.24) is 30.0 Å². The molecule has 1 unspecified atom stereocenters. The molecule has 2 aromatic carbocycles. The van der Waals surface area contributed by atoms with Crippen LogP contribution < -0.4 is 21.9 Å². The molecular formula is C27H36ClN6O2-. The van der Waals surface area contributed by atoms with Crippen molar-refractivity contribution in [2.24, 2.45) is 0 Å². The minimum absolute atomic E-state index is 0. The molecule has 1 aliphatic carbocycles. The van der Waals surface area contributed by atoms with E-state index in [0.717, 1.165) is 55.1 Å². The van der Waals surface area contributed by atoms with Crippen LogP contribution in [0.3, 0.4) is 0 Å². The van der Waals surface area contributed by atoms with E-state index in [1.807, 2.05) is 35.0 Å². The third-order valence-electron chi connectivity index (χ3n) is 7.52. The summed E-state index contributed by atoms with van der Waals surface area (Å²) >= 11 is 0. The third kappa shape index (κ3) is 5.82. The van der Waals surface area contributed by atoms with Crippen LogP contribution in [-0.4, -0.2) is 76.4 Å². The molecule has 2 aliphatic rings. The third-order valence-corrected chi connectivity index (χ3v) is 7.52. The lowest BCUT2D eigenvalue weighted by atomic mass is 9.93. The summed E-state index contributed by atoms with van der Waals surface area (Å²) < 4.78 is 13.3. The summed E-state index contributed by atoms with van der Waals surface area (Å²) in [6.07, 6.45) is 6.79. The molecule has 2 heterocycles. The van der Waals surface area contributed by atoms with Gasteiger partial charge in [-0.2, -0.15) is 0 Å². The fourth-order valence-electron chi connectivity index (χ4n) is 5.64. The number of rotatable bonds is 8. The zero-order chi connectivity index (χ0) is 24.0. The van der Waals surface area contributed by atoms with Gasteiger partial charge in [-0.05, 0) is 47.0 Å². The number of nitrogens with zero attached hydrogens (tertiary/aromatic N) is 6. The van der Waals surface area contributed by atoms with Crippen molar-refractivity contribution in [2.75, 3.05) is 40.4 Å². The van der Waals surface area contributed by atoms with Gasteiger partial charge in [0.25, 0.3) is 0 Å². The van der Waals surface area contributed by atoms with Crippen LogP contribution in [0.1, 0.15) is 55.1 Å². The number of hydrogen-bond acceptors (Lipinski definition) is 7. The number of aromatic nitrogens is 4. The summed E-state index contributed by atoms with van der Waals surface area (Å²) in [6.45, 7) is 4.66. The Morgan fingerprint density at radius 3 is 2.36 bits per heavy atom. The van der Waals surface area contributed by atoms with Gasteiger partial charge in [0.2, 0.25) is 0 Å². The summed E-state index contributed by atoms with van der Waals surface area (Å²) in [5, 5.41) is 13.0. The largest absolute Gasteiger partial charge is 1.00 e. The van der Waals surface area contributed by atoms with Gasteiger partial charge in [-0.3, -0.25) is 9.80 Å². The summed E-state index contributed by atoms with van der Waals surface area (Å²) in [6, 6.07) is 16.9. The molecule has 36 heavy (non-hydrogen) atoms. The molecule has 0 spiro atoms. The Kier molecular flexibility index (Phi) is 9.18. The molecule has 8 nitrogen and oxygen atoms in total. The lowest BCUT2D eigenvalue weighted by Gasteiger charge is -2.43. The van der Waals surface area contributed by atoms with Crippen molar-refractivity contribution < 1.29 is 21.9 Å². The molecule has 0 bridgehead atoms. The molecule has 5 rings (SSSR count). The fraction of sp³-hybridized carbons (Fsp3) is 0.519. The maximum atomic E-state index is 5.82. The molecule has 1 aromatic heterocycles. The number of tetrazole rings is 1. The first kappa shape index (κ1) is 26.4. The Labute approximate surface area is 220 Å². The van der Waals surface area contributed by atoms with Crippen LogP contribution in [0.2, 0.25) is 0 Å². The molecule has 0 N–H and O–H groups in total. The highest BCUT2D eigenvalue weighted by atomic mass is 35.5. The predicted molar refractivity (Wildman–Crippen MR) is 135 cm³/mol. The van der Waals surface area contributed by atoms with Gasteiger partial charge >= 0.3 is 0 Å². The molecule has 0 amide bonds. The van der Waals surface area contributed by atoms with Gasteiger partial charge < -0.3 is 21.9 Å². The van der Waals surface area contributed by atoms with Crippen molar-refractivity contribution in [3.63, 3.8) is 0 Å². The lowest BCUT2D eigenvalue weighted by Crippen LogP contribution is -3.00. The van der Waals surface area contributed by atoms with Crippen LogP contribution in [0.5, 0.6) is 11.5 Å². The Morgan fingerprint density at radius 1 is 0.917 bits per heavy atom. The van der Waals surface area contributed by atoms with E-state index in [-0.39, 0.29) is 18.4 Å². The number of halogens is 1. The summed E-state index contributed by atoms with van der Waals surface area (Å²) in [7, 11) is 3.42. The SMILES string of the molecule is COc1ccc(OC)c(C(c2nnnn2Cc2ccccc2)N2CCN(C3CCCCC3)CC2)c1.[Cl-]. The molecule has 3 aromatic rings. The van der Waals surface area contributed by atoms with Crippen LogP contribution in [0.15, 0.2) is 48.5 Å². The fourth-order valence-corrected chi connectivity index (χ4v) is 5.64. The molecular weight excluding hydrogens is 476 g/mol. The smallest absolute Gasteiger partial charge is 0.173 e. The lowest BCUT2D eigenvalue weighted by molar-refractivity contribution is -0.00000800. The topological polar surface area (TPSA) is 68.5 Å². The first-order valence-electron chi connectivity index (χ1n) is 12.8. The van der Waals surface area contributed by atoms with E-state index in [4.69, 9.17) is 9.47 Å². The highest BCUT2D eigenvalue weighted by molar-refractivity contribution is 5.44. The van der Waals surface area contributed by atoms with Crippen molar-refractivity contribution in [3.8, 4) is 11.5 Å². The highest BCUT2D eigenvalue weighted by Gasteiger charge is 2.34. The van der Waals surface area contributed by atoms with Crippen molar-refractivity contribution in [3.05, 3.63) is 65.5 Å². The Hall–Kier alpha value is -2.68. The number of hydrogen-bond donors (Lipinski definition) is 0. The predicted octanol–water partition coefficient (Wildman–Crippen LogP) is 0.782. The molecule has 9 heteroatoms. The summed E-state index contributed by atoms with van der Waals surface area (Å²) in [4.78, 5) is 5.20. The van der Waals surface area contributed by atoms with E-state index in [1.54, 1.807) is 14.2 Å². The van der Waals surface area contributed by atoms with Gasteiger partial charge in [0.05, 0.1) is 20.8 Å². The van der Waals surface area contributed by atoms with E-state index in [9.17, 15) is 0 Å². The Balaban J connectivity index is 0.00000304. The number of methoxy groups -OCH3 is 2. The minimum atomic E-state index is -0.132. The number of ether oxygens (including phenoxy) is 2. The quantitative estimate of drug-likeness (QED) is 0.443. The van der Waals surface area contributed by atoms with Crippen molar-refractivity contribution >= 4 is 0 Å². The zero-order valence-corrected chi connectivity index (χ0v) is 22.0. The second-order valence-electron chi connectivity index (χ2n) is 9.55. The summed E-state index contributed by atoms with van der Waals surface area (Å²) in [5.74, 6) is 2.44. The summed E-state index contributed by atoms with van der Waals surface area (Å²) in [5.41, 5.74) is 2.20. The van der Waals surface area contributed by atoms with Crippen LogP contribution in [0.4, 0.5) is 0 Å². The van der Waals surface area contributed by atoms with Gasteiger partial charge in [0.1, 0.15) is 17.5 Å². The van der Waals surface area contributed by atoms with Gasteiger partial charge in [-0.1, -0.05) is 49.6 Å². The first-order chi connectivity index (χ1) is 17.3. The Morgan fingerprint density at radius 2 is 1.67 bits per heavy atom. The van der Waals surface area contributed by atoms with Crippen molar-refractivity contribution in [1.29, 1.82) is 0 Å². The van der Waals surface area contributed by atoms with Gasteiger partial charge in [-0.15, -0.1) is 5.10 Å². The van der Waals surface area contributed by atoms with E-state index < -0.39 is 0 Å². The molecule has 1 saturated carbocycles. The molecule has 1 saturated heterocycles. The van der Waals surface area contributed by atoms with E-state index in [1.165, 1.54) is 37.7 Å². The monoisotopic (exact) mass is 511 g/mol. The molecule has 0 radical (unpaired) electrons. The minimum Gasteiger partial charge on any atom is -1.00 e.